The number of nitrogens with zero attached hydrogens (tertiary/aromatic N) is 3. The summed E-state index contributed by atoms with van der Waals surface area (Å²) in [4.78, 5) is 12.2. The summed E-state index contributed by atoms with van der Waals surface area (Å²) in [5, 5.41) is 14.1. The number of carbonyl (C=O) groups is 1. The fourth-order valence-electron chi connectivity index (χ4n) is 2.41. The molecule has 1 amide bonds. The molecule has 1 aromatic rings. The van der Waals surface area contributed by atoms with Gasteiger partial charge in [-0.05, 0) is 19.4 Å². The molecule has 1 saturated heterocycles. The normalized spacial score (nSPS) is 23.2. The van der Waals surface area contributed by atoms with Gasteiger partial charge in [-0.3, -0.25) is 4.79 Å². The van der Waals surface area contributed by atoms with Crippen molar-refractivity contribution in [3.8, 4) is 0 Å². The average Bonchev–Trinajstić information content (AvgIpc) is 2.99. The zero-order valence-electron chi connectivity index (χ0n) is 11.1. The van der Waals surface area contributed by atoms with Gasteiger partial charge < -0.3 is 15.2 Å². The second-order valence-electron chi connectivity index (χ2n) is 4.92. The molecule has 1 aromatic heterocycles. The van der Waals surface area contributed by atoms with Crippen LogP contribution in [0, 0.1) is 5.41 Å². The SMILES string of the molecule is CCC1(C(=O)NCCc2nncn2C)CCNC1. The molecule has 2 rings (SSSR count). The number of rotatable bonds is 5. The maximum atomic E-state index is 12.2. The van der Waals surface area contributed by atoms with Crippen LogP contribution >= 0.6 is 0 Å². The molecule has 0 spiro atoms. The van der Waals surface area contributed by atoms with Crippen LogP contribution in [0.4, 0.5) is 0 Å². The lowest BCUT2D eigenvalue weighted by atomic mass is 9.83. The minimum atomic E-state index is -0.208. The number of aryl methyl sites for hydroxylation is 1. The minimum absolute atomic E-state index is 0.164. The number of carbonyl (C=O) groups excluding carboxylic acids is 1. The Morgan fingerprint density at radius 1 is 1.67 bits per heavy atom. The lowest BCUT2D eigenvalue weighted by Gasteiger charge is -2.25. The first-order chi connectivity index (χ1) is 8.68. The summed E-state index contributed by atoms with van der Waals surface area (Å²) in [6.07, 6.45) is 4.20. The largest absolute Gasteiger partial charge is 0.355 e. The van der Waals surface area contributed by atoms with Gasteiger partial charge in [-0.1, -0.05) is 6.92 Å². The molecular weight excluding hydrogens is 230 g/mol. The first kappa shape index (κ1) is 13.0. The molecule has 0 saturated carbocycles. The summed E-state index contributed by atoms with van der Waals surface area (Å²) in [6, 6.07) is 0. The van der Waals surface area contributed by atoms with Gasteiger partial charge in [-0.25, -0.2) is 0 Å². The van der Waals surface area contributed by atoms with Crippen LogP contribution in [0.5, 0.6) is 0 Å². The van der Waals surface area contributed by atoms with Crippen molar-refractivity contribution in [2.24, 2.45) is 12.5 Å². The van der Waals surface area contributed by atoms with Crippen LogP contribution in [-0.4, -0.2) is 40.3 Å². The monoisotopic (exact) mass is 251 g/mol. The second-order valence-corrected chi connectivity index (χ2v) is 4.92. The van der Waals surface area contributed by atoms with E-state index < -0.39 is 0 Å². The van der Waals surface area contributed by atoms with Gasteiger partial charge in [0.05, 0.1) is 5.41 Å². The second kappa shape index (κ2) is 5.48. The van der Waals surface area contributed by atoms with E-state index in [2.05, 4.69) is 27.8 Å². The molecule has 6 nitrogen and oxygen atoms in total. The number of amides is 1. The van der Waals surface area contributed by atoms with Gasteiger partial charge in [0, 0.05) is 26.6 Å². The Balaban J connectivity index is 1.83. The molecule has 18 heavy (non-hydrogen) atoms. The highest BCUT2D eigenvalue weighted by Gasteiger charge is 2.39. The predicted molar refractivity (Wildman–Crippen MR) is 67.9 cm³/mol. The van der Waals surface area contributed by atoms with Gasteiger partial charge in [0.1, 0.15) is 12.2 Å². The zero-order valence-corrected chi connectivity index (χ0v) is 11.1. The van der Waals surface area contributed by atoms with Crippen LogP contribution in [0.2, 0.25) is 0 Å². The standard InChI is InChI=1S/C12H21N5O/c1-3-12(5-7-13-8-12)11(18)14-6-4-10-16-15-9-17(10)2/h9,13H,3-8H2,1-2H3,(H,14,18). The Labute approximate surface area is 107 Å². The summed E-state index contributed by atoms with van der Waals surface area (Å²) in [5.41, 5.74) is -0.208. The maximum Gasteiger partial charge on any atom is 0.227 e. The van der Waals surface area contributed by atoms with E-state index in [1.165, 1.54) is 0 Å². The van der Waals surface area contributed by atoms with Crippen molar-refractivity contribution < 1.29 is 4.79 Å². The number of nitrogens with one attached hydrogen (secondary N) is 2. The number of hydrogen-bond donors (Lipinski definition) is 2. The third-order valence-electron chi connectivity index (χ3n) is 3.84. The zero-order chi connectivity index (χ0) is 13.0. The van der Waals surface area contributed by atoms with Crippen LogP contribution in [-0.2, 0) is 18.3 Å². The summed E-state index contributed by atoms with van der Waals surface area (Å²) >= 11 is 0. The molecule has 0 aromatic carbocycles. The topological polar surface area (TPSA) is 71.8 Å². The fourth-order valence-corrected chi connectivity index (χ4v) is 2.41. The van der Waals surface area contributed by atoms with Crippen molar-refractivity contribution in [3.05, 3.63) is 12.2 Å². The predicted octanol–water partition coefficient (Wildman–Crippen LogP) is -0.136. The van der Waals surface area contributed by atoms with E-state index in [9.17, 15) is 4.79 Å². The first-order valence-corrected chi connectivity index (χ1v) is 6.50. The van der Waals surface area contributed by atoms with Crippen LogP contribution < -0.4 is 10.6 Å². The van der Waals surface area contributed by atoms with E-state index in [1.54, 1.807) is 6.33 Å². The molecule has 100 valence electrons. The molecule has 1 fully saturated rings. The van der Waals surface area contributed by atoms with Crippen LogP contribution in [0.15, 0.2) is 6.33 Å². The molecule has 0 radical (unpaired) electrons. The van der Waals surface area contributed by atoms with Crippen molar-refractivity contribution in [3.63, 3.8) is 0 Å². The molecule has 0 bridgehead atoms. The van der Waals surface area contributed by atoms with Crippen LogP contribution in [0.1, 0.15) is 25.6 Å². The summed E-state index contributed by atoms with van der Waals surface area (Å²) in [5.74, 6) is 1.06. The smallest absolute Gasteiger partial charge is 0.227 e. The quantitative estimate of drug-likeness (QED) is 0.764. The number of hydrogen-bond acceptors (Lipinski definition) is 4. The third-order valence-corrected chi connectivity index (χ3v) is 3.84. The van der Waals surface area contributed by atoms with E-state index in [-0.39, 0.29) is 11.3 Å². The number of aromatic nitrogens is 3. The lowest BCUT2D eigenvalue weighted by molar-refractivity contribution is -0.130. The molecule has 2 heterocycles. The first-order valence-electron chi connectivity index (χ1n) is 6.50. The van der Waals surface area contributed by atoms with E-state index in [0.29, 0.717) is 6.54 Å². The minimum Gasteiger partial charge on any atom is -0.355 e. The van der Waals surface area contributed by atoms with Gasteiger partial charge in [0.2, 0.25) is 5.91 Å². The highest BCUT2D eigenvalue weighted by molar-refractivity contribution is 5.83. The van der Waals surface area contributed by atoms with Gasteiger partial charge in [-0.2, -0.15) is 0 Å². The average molecular weight is 251 g/mol. The maximum absolute atomic E-state index is 12.2. The van der Waals surface area contributed by atoms with Crippen LogP contribution in [0.3, 0.4) is 0 Å². The Morgan fingerprint density at radius 3 is 3.06 bits per heavy atom. The van der Waals surface area contributed by atoms with Crippen LogP contribution in [0.25, 0.3) is 0 Å². The fraction of sp³-hybridized carbons (Fsp3) is 0.750. The van der Waals surface area contributed by atoms with E-state index >= 15 is 0 Å². The van der Waals surface area contributed by atoms with E-state index in [4.69, 9.17) is 0 Å². The highest BCUT2D eigenvalue weighted by atomic mass is 16.2. The van der Waals surface area contributed by atoms with Gasteiger partial charge >= 0.3 is 0 Å². The lowest BCUT2D eigenvalue weighted by Crippen LogP contribution is -2.43. The summed E-state index contributed by atoms with van der Waals surface area (Å²) in [7, 11) is 1.91. The Hall–Kier alpha value is -1.43. The van der Waals surface area contributed by atoms with Gasteiger partial charge in [-0.15, -0.1) is 10.2 Å². The molecule has 1 atom stereocenters. The van der Waals surface area contributed by atoms with E-state index in [1.807, 2.05) is 11.6 Å². The Morgan fingerprint density at radius 2 is 2.50 bits per heavy atom. The Bertz CT molecular complexity index is 408. The molecule has 6 heteroatoms. The van der Waals surface area contributed by atoms with Gasteiger partial charge in [0.15, 0.2) is 0 Å². The van der Waals surface area contributed by atoms with Crippen molar-refractivity contribution in [1.82, 2.24) is 25.4 Å². The molecular formula is C12H21N5O. The van der Waals surface area contributed by atoms with Crippen molar-refractivity contribution in [1.29, 1.82) is 0 Å². The van der Waals surface area contributed by atoms with Gasteiger partial charge in [0.25, 0.3) is 0 Å². The molecule has 0 aliphatic carbocycles. The Kier molecular flexibility index (Phi) is 3.96. The molecule has 1 unspecified atom stereocenters. The third kappa shape index (κ3) is 2.53. The summed E-state index contributed by atoms with van der Waals surface area (Å²) in [6.45, 7) is 4.42. The molecule has 1 aliphatic rings. The highest BCUT2D eigenvalue weighted by Crippen LogP contribution is 2.29. The van der Waals surface area contributed by atoms with E-state index in [0.717, 1.165) is 38.2 Å². The molecule has 1 aliphatic heterocycles. The molecule has 2 N–H and O–H groups in total. The van der Waals surface area contributed by atoms with Crippen molar-refractivity contribution in [2.45, 2.75) is 26.2 Å². The summed E-state index contributed by atoms with van der Waals surface area (Å²) < 4.78 is 1.87. The van der Waals surface area contributed by atoms with Crippen molar-refractivity contribution >= 4 is 5.91 Å². The van der Waals surface area contributed by atoms with Crippen molar-refractivity contribution in [2.75, 3.05) is 19.6 Å².